The zero-order valence-electron chi connectivity index (χ0n) is 20.0. The summed E-state index contributed by atoms with van der Waals surface area (Å²) < 4.78 is 46.0. The molecule has 0 spiro atoms. The summed E-state index contributed by atoms with van der Waals surface area (Å²) >= 11 is 0. The molecule has 37 heavy (non-hydrogen) atoms. The number of ether oxygens (including phenoxy) is 1. The molecule has 2 aliphatic rings. The maximum absolute atomic E-state index is 13.4. The zero-order valence-corrected chi connectivity index (χ0v) is 20.0. The van der Waals surface area contributed by atoms with Crippen molar-refractivity contribution < 1.29 is 22.7 Å². The van der Waals surface area contributed by atoms with Gasteiger partial charge in [0.2, 0.25) is 0 Å². The summed E-state index contributed by atoms with van der Waals surface area (Å²) in [4.78, 5) is 33.8. The number of carbonyl (C=O) groups is 1. The highest BCUT2D eigenvalue weighted by atomic mass is 19.4. The number of rotatable bonds is 7. The summed E-state index contributed by atoms with van der Waals surface area (Å²) in [6, 6.07) is 4.97. The summed E-state index contributed by atoms with van der Waals surface area (Å²) in [5, 5.41) is 17.1. The molecule has 2 saturated heterocycles. The van der Waals surface area contributed by atoms with E-state index in [2.05, 4.69) is 15.4 Å². The number of amides is 2. The lowest BCUT2D eigenvalue weighted by molar-refractivity contribution is -0.138. The number of halogens is 3. The Morgan fingerprint density at radius 1 is 1.22 bits per heavy atom. The second-order valence-corrected chi connectivity index (χ2v) is 8.74. The minimum absolute atomic E-state index is 0.163. The molecule has 2 aliphatic heterocycles. The van der Waals surface area contributed by atoms with E-state index in [0.717, 1.165) is 12.0 Å². The topological polar surface area (TPSA) is 130 Å². The molecule has 11 nitrogen and oxygen atoms in total. The van der Waals surface area contributed by atoms with Crippen LogP contribution < -0.4 is 20.7 Å². The van der Waals surface area contributed by atoms with Gasteiger partial charge in [0.05, 0.1) is 36.7 Å². The van der Waals surface area contributed by atoms with E-state index in [1.165, 1.54) is 11.1 Å². The summed E-state index contributed by atoms with van der Waals surface area (Å²) in [6.45, 7) is 3.22. The highest BCUT2D eigenvalue weighted by molar-refractivity contribution is 5.74. The SMILES string of the molecule is N#Cc1ccc(N2CCN(C(=O)NCCOC[C@@H]3CCCN3c3cn[nH]c(=O)c3C(F)(F)F)CC2)nc1. The van der Waals surface area contributed by atoms with Gasteiger partial charge in [-0.1, -0.05) is 0 Å². The lowest BCUT2D eigenvalue weighted by Crippen LogP contribution is -2.52. The number of pyridine rings is 1. The maximum atomic E-state index is 13.4. The van der Waals surface area contributed by atoms with Gasteiger partial charge in [0.1, 0.15) is 17.5 Å². The molecule has 198 valence electrons. The van der Waals surface area contributed by atoms with Gasteiger partial charge in [0, 0.05) is 45.5 Å². The number of hydrogen-bond donors (Lipinski definition) is 2. The molecule has 14 heteroatoms. The van der Waals surface area contributed by atoms with Crippen molar-refractivity contribution in [2.45, 2.75) is 25.1 Å². The highest BCUT2D eigenvalue weighted by Gasteiger charge is 2.40. The van der Waals surface area contributed by atoms with E-state index >= 15 is 0 Å². The van der Waals surface area contributed by atoms with Crippen LogP contribution in [0.5, 0.6) is 0 Å². The van der Waals surface area contributed by atoms with Crippen LogP contribution in [0.3, 0.4) is 0 Å². The maximum Gasteiger partial charge on any atom is 0.423 e. The number of nitrogens with one attached hydrogen (secondary N) is 2. The van der Waals surface area contributed by atoms with Crippen molar-refractivity contribution in [1.82, 2.24) is 25.4 Å². The van der Waals surface area contributed by atoms with Gasteiger partial charge in [-0.15, -0.1) is 0 Å². The molecular formula is C23H27F3N8O3. The van der Waals surface area contributed by atoms with Crippen molar-refractivity contribution in [2.75, 3.05) is 62.3 Å². The van der Waals surface area contributed by atoms with Crippen LogP contribution in [-0.2, 0) is 10.9 Å². The van der Waals surface area contributed by atoms with Crippen molar-refractivity contribution in [2.24, 2.45) is 0 Å². The Bertz CT molecular complexity index is 1170. The molecule has 2 fully saturated rings. The lowest BCUT2D eigenvalue weighted by atomic mass is 10.2. The fourth-order valence-electron chi connectivity index (χ4n) is 4.55. The van der Waals surface area contributed by atoms with E-state index in [-0.39, 0.29) is 37.5 Å². The Balaban J connectivity index is 1.20. The summed E-state index contributed by atoms with van der Waals surface area (Å²) in [6.07, 6.45) is -0.966. The van der Waals surface area contributed by atoms with Gasteiger partial charge in [-0.25, -0.2) is 14.9 Å². The van der Waals surface area contributed by atoms with E-state index in [0.29, 0.717) is 51.1 Å². The van der Waals surface area contributed by atoms with Crippen molar-refractivity contribution in [1.29, 1.82) is 5.26 Å². The predicted molar refractivity (Wildman–Crippen MR) is 127 cm³/mol. The van der Waals surface area contributed by atoms with Gasteiger partial charge in [-0.3, -0.25) is 4.79 Å². The first kappa shape index (κ1) is 26.2. The van der Waals surface area contributed by atoms with Crippen molar-refractivity contribution in [3.8, 4) is 6.07 Å². The van der Waals surface area contributed by atoms with Crippen LogP contribution in [0, 0.1) is 11.3 Å². The predicted octanol–water partition coefficient (Wildman–Crippen LogP) is 1.57. The highest BCUT2D eigenvalue weighted by Crippen LogP contribution is 2.36. The number of piperazine rings is 1. The number of H-pyrrole nitrogens is 1. The summed E-state index contributed by atoms with van der Waals surface area (Å²) in [7, 11) is 0. The number of hydrogen-bond acceptors (Lipinski definition) is 8. The van der Waals surface area contributed by atoms with Crippen molar-refractivity contribution in [3.05, 3.63) is 46.0 Å². The molecule has 0 radical (unpaired) electrons. The fraction of sp³-hybridized carbons (Fsp3) is 0.522. The Kier molecular flexibility index (Phi) is 8.12. The monoisotopic (exact) mass is 520 g/mol. The normalized spacial score (nSPS) is 18.1. The van der Waals surface area contributed by atoms with Crippen LogP contribution in [0.1, 0.15) is 24.0 Å². The Hall–Kier alpha value is -3.86. The Morgan fingerprint density at radius 3 is 2.68 bits per heavy atom. The van der Waals surface area contributed by atoms with Crippen molar-refractivity contribution in [3.63, 3.8) is 0 Å². The largest absolute Gasteiger partial charge is 0.423 e. The molecule has 0 aromatic carbocycles. The molecule has 0 saturated carbocycles. The quantitative estimate of drug-likeness (QED) is 0.527. The smallest absolute Gasteiger partial charge is 0.377 e. The molecule has 2 aromatic rings. The number of aromatic amines is 1. The average molecular weight is 521 g/mol. The van der Waals surface area contributed by atoms with Gasteiger partial charge < -0.3 is 24.8 Å². The molecule has 0 unspecified atom stereocenters. The second-order valence-electron chi connectivity index (χ2n) is 8.74. The number of carbonyl (C=O) groups excluding carboxylic acids is 1. The average Bonchev–Trinajstić information content (AvgIpc) is 3.36. The van der Waals surface area contributed by atoms with Gasteiger partial charge >= 0.3 is 12.2 Å². The number of aromatic nitrogens is 3. The number of nitrogens with zero attached hydrogens (tertiary/aromatic N) is 6. The van der Waals surface area contributed by atoms with Crippen molar-refractivity contribution >= 4 is 17.5 Å². The van der Waals surface area contributed by atoms with E-state index in [1.807, 2.05) is 16.1 Å². The molecule has 2 N–H and O–H groups in total. The van der Waals surface area contributed by atoms with Crippen LogP contribution in [0.2, 0.25) is 0 Å². The van der Waals surface area contributed by atoms with Gasteiger partial charge in [0.15, 0.2) is 0 Å². The van der Waals surface area contributed by atoms with Crippen LogP contribution in [0.4, 0.5) is 29.5 Å². The van der Waals surface area contributed by atoms with Crippen LogP contribution in [0.25, 0.3) is 0 Å². The Labute approximate surface area is 210 Å². The zero-order chi connectivity index (χ0) is 26.4. The Morgan fingerprint density at radius 2 is 2.00 bits per heavy atom. The van der Waals surface area contributed by atoms with E-state index in [1.54, 1.807) is 17.0 Å². The molecule has 0 aliphatic carbocycles. The number of urea groups is 1. The third-order valence-electron chi connectivity index (χ3n) is 6.41. The van der Waals surface area contributed by atoms with E-state index < -0.39 is 17.3 Å². The fourth-order valence-corrected chi connectivity index (χ4v) is 4.55. The summed E-state index contributed by atoms with van der Waals surface area (Å²) in [5.41, 5.74) is -2.28. The molecular weight excluding hydrogens is 493 g/mol. The van der Waals surface area contributed by atoms with Gasteiger partial charge in [-0.05, 0) is 25.0 Å². The lowest BCUT2D eigenvalue weighted by Gasteiger charge is -2.35. The number of anilines is 2. The number of nitriles is 1. The van der Waals surface area contributed by atoms with Gasteiger partial charge in [-0.2, -0.15) is 23.5 Å². The molecule has 2 aromatic heterocycles. The second kappa shape index (κ2) is 11.5. The summed E-state index contributed by atoms with van der Waals surface area (Å²) in [5.74, 6) is 0.756. The minimum Gasteiger partial charge on any atom is -0.377 e. The standard InChI is InChI=1S/C23H27F3N8O3/c24-23(25,26)20-18(14-30-31-21(20)35)34-6-1-2-17(34)15-37-11-5-28-22(36)33-9-7-32(8-10-33)19-4-3-16(12-27)13-29-19/h3-4,13-14,17H,1-2,5-11,15H2,(H,28,36)(H,31,35)/t17-/m0/s1. The molecule has 4 heterocycles. The first-order valence-electron chi connectivity index (χ1n) is 11.9. The molecule has 4 rings (SSSR count). The van der Waals surface area contributed by atoms with Crippen LogP contribution >= 0.6 is 0 Å². The third kappa shape index (κ3) is 6.29. The van der Waals surface area contributed by atoms with E-state index in [9.17, 15) is 22.8 Å². The first-order valence-corrected chi connectivity index (χ1v) is 11.9. The molecule has 0 bridgehead atoms. The van der Waals surface area contributed by atoms with Crippen LogP contribution in [-0.4, -0.2) is 84.6 Å². The molecule has 2 amide bonds. The third-order valence-corrected chi connectivity index (χ3v) is 6.41. The van der Waals surface area contributed by atoms with Gasteiger partial charge in [0.25, 0.3) is 5.56 Å². The first-order chi connectivity index (χ1) is 17.8. The molecule has 1 atom stereocenters. The number of alkyl halides is 3. The van der Waals surface area contributed by atoms with Crippen LogP contribution in [0.15, 0.2) is 29.3 Å². The van der Waals surface area contributed by atoms with E-state index in [4.69, 9.17) is 10.00 Å². The minimum atomic E-state index is -4.80.